The number of alkyl halides is 6. The van der Waals surface area contributed by atoms with Crippen molar-refractivity contribution >= 4 is 5.97 Å². The Hall–Kier alpha value is -2.20. The predicted molar refractivity (Wildman–Crippen MR) is 58.4 cm³/mol. The largest absolute Gasteiger partial charge is 0.574 e. The fraction of sp³-hybridized carbons (Fsp3) is 0.455. The van der Waals surface area contributed by atoms with E-state index >= 15 is 0 Å². The summed E-state index contributed by atoms with van der Waals surface area (Å²) in [6.07, 6.45) is -10.3. The quantitative estimate of drug-likeness (QED) is 0.626. The smallest absolute Gasteiger partial charge is 0.494 e. The van der Waals surface area contributed by atoms with Crippen molar-refractivity contribution in [2.75, 3.05) is 13.7 Å². The lowest BCUT2D eigenvalue weighted by molar-refractivity contribution is -0.278. The second kappa shape index (κ2) is 6.28. The molecule has 0 saturated carbocycles. The third-order valence-electron chi connectivity index (χ3n) is 2.20. The van der Waals surface area contributed by atoms with E-state index in [1.54, 1.807) is 0 Å². The number of methoxy groups -OCH3 is 1. The van der Waals surface area contributed by atoms with E-state index in [9.17, 15) is 31.1 Å². The Labute approximate surface area is 119 Å². The summed E-state index contributed by atoms with van der Waals surface area (Å²) in [5.41, 5.74) is -3.27. The van der Waals surface area contributed by atoms with Crippen LogP contribution in [0.3, 0.4) is 0 Å². The van der Waals surface area contributed by atoms with Crippen molar-refractivity contribution < 1.29 is 45.3 Å². The van der Waals surface area contributed by atoms with Gasteiger partial charge >= 0.3 is 18.5 Å². The standard InChI is InChI=1S/C11H9F6NO4/c1-3-21-9(19)6-5(20-2)4-18-8(22-11(15,16)17)7(6)10(12,13)14/h4H,3H2,1-2H3. The molecule has 0 saturated heterocycles. The van der Waals surface area contributed by atoms with Crippen molar-refractivity contribution in [3.05, 3.63) is 17.3 Å². The van der Waals surface area contributed by atoms with Crippen LogP contribution in [0.15, 0.2) is 6.20 Å². The van der Waals surface area contributed by atoms with Crippen molar-refractivity contribution in [1.29, 1.82) is 0 Å². The number of pyridine rings is 1. The zero-order chi connectivity index (χ0) is 17.1. The molecular weight excluding hydrogens is 324 g/mol. The van der Waals surface area contributed by atoms with Crippen LogP contribution >= 0.6 is 0 Å². The summed E-state index contributed by atoms with van der Waals surface area (Å²) < 4.78 is 87.9. The van der Waals surface area contributed by atoms with Gasteiger partial charge in [-0.05, 0) is 6.92 Å². The summed E-state index contributed by atoms with van der Waals surface area (Å²) in [4.78, 5) is 14.6. The zero-order valence-corrected chi connectivity index (χ0v) is 11.1. The normalized spacial score (nSPS) is 12.0. The van der Waals surface area contributed by atoms with Crippen LogP contribution in [0.4, 0.5) is 26.3 Å². The summed E-state index contributed by atoms with van der Waals surface area (Å²) in [5.74, 6) is -4.02. The molecule has 0 aliphatic heterocycles. The molecule has 1 aromatic heterocycles. The van der Waals surface area contributed by atoms with Gasteiger partial charge < -0.3 is 14.2 Å². The summed E-state index contributed by atoms with van der Waals surface area (Å²) in [5, 5.41) is 0. The summed E-state index contributed by atoms with van der Waals surface area (Å²) >= 11 is 0. The Morgan fingerprint density at radius 2 is 1.82 bits per heavy atom. The van der Waals surface area contributed by atoms with Crippen molar-refractivity contribution in [3.8, 4) is 11.6 Å². The first-order valence-electron chi connectivity index (χ1n) is 5.58. The molecule has 1 heterocycles. The molecule has 0 fully saturated rings. The molecule has 0 amide bonds. The van der Waals surface area contributed by atoms with E-state index in [4.69, 9.17) is 0 Å². The van der Waals surface area contributed by atoms with E-state index in [-0.39, 0.29) is 6.61 Å². The molecule has 11 heteroatoms. The highest BCUT2D eigenvalue weighted by atomic mass is 19.4. The first-order chi connectivity index (χ1) is 10.0. The van der Waals surface area contributed by atoms with Gasteiger partial charge in [-0.25, -0.2) is 9.78 Å². The van der Waals surface area contributed by atoms with Gasteiger partial charge in [0.15, 0.2) is 5.75 Å². The summed E-state index contributed by atoms with van der Waals surface area (Å²) in [6.45, 7) is 1.02. The van der Waals surface area contributed by atoms with E-state index in [1.807, 2.05) is 0 Å². The van der Waals surface area contributed by atoms with Crippen molar-refractivity contribution in [1.82, 2.24) is 4.98 Å². The topological polar surface area (TPSA) is 57.7 Å². The molecule has 0 radical (unpaired) electrons. The second-order valence-corrected chi connectivity index (χ2v) is 3.65. The summed E-state index contributed by atoms with van der Waals surface area (Å²) in [6, 6.07) is 0. The average molecular weight is 333 g/mol. The highest BCUT2D eigenvalue weighted by Gasteiger charge is 2.45. The van der Waals surface area contributed by atoms with Gasteiger partial charge in [0.2, 0.25) is 5.88 Å². The predicted octanol–water partition coefficient (Wildman–Crippen LogP) is 3.18. The van der Waals surface area contributed by atoms with Crippen molar-refractivity contribution in [2.24, 2.45) is 0 Å². The monoisotopic (exact) mass is 333 g/mol. The fourth-order valence-corrected chi connectivity index (χ4v) is 1.49. The molecule has 0 N–H and O–H groups in total. The van der Waals surface area contributed by atoms with Crippen LogP contribution in [0, 0.1) is 0 Å². The van der Waals surface area contributed by atoms with Crippen LogP contribution in [0.1, 0.15) is 22.8 Å². The SMILES string of the molecule is CCOC(=O)c1c(OC)cnc(OC(F)(F)F)c1C(F)(F)F. The second-order valence-electron chi connectivity index (χ2n) is 3.65. The number of hydrogen-bond donors (Lipinski definition) is 0. The first kappa shape index (κ1) is 17.9. The lowest BCUT2D eigenvalue weighted by Gasteiger charge is -2.18. The number of nitrogens with zero attached hydrogens (tertiary/aromatic N) is 1. The maximum atomic E-state index is 13.1. The number of ether oxygens (including phenoxy) is 3. The van der Waals surface area contributed by atoms with Crippen LogP contribution < -0.4 is 9.47 Å². The molecule has 0 atom stereocenters. The minimum Gasteiger partial charge on any atom is -0.494 e. The maximum Gasteiger partial charge on any atom is 0.574 e. The van der Waals surface area contributed by atoms with Gasteiger partial charge in [-0.15, -0.1) is 13.2 Å². The molecule has 22 heavy (non-hydrogen) atoms. The molecule has 0 bridgehead atoms. The van der Waals surface area contributed by atoms with E-state index in [0.717, 1.165) is 7.11 Å². The van der Waals surface area contributed by atoms with Gasteiger partial charge in [0.25, 0.3) is 0 Å². The average Bonchev–Trinajstić information content (AvgIpc) is 2.35. The van der Waals surface area contributed by atoms with Gasteiger partial charge in [-0.3, -0.25) is 0 Å². The highest BCUT2D eigenvalue weighted by Crippen LogP contribution is 2.42. The first-order valence-corrected chi connectivity index (χ1v) is 5.58. The van der Waals surface area contributed by atoms with E-state index in [0.29, 0.717) is 6.20 Å². The van der Waals surface area contributed by atoms with Gasteiger partial charge in [-0.2, -0.15) is 13.2 Å². The van der Waals surface area contributed by atoms with Crippen LogP contribution in [0.5, 0.6) is 11.6 Å². The molecule has 1 rings (SSSR count). The molecule has 0 aromatic carbocycles. The molecule has 0 spiro atoms. The van der Waals surface area contributed by atoms with Crippen molar-refractivity contribution in [2.45, 2.75) is 19.5 Å². The highest BCUT2D eigenvalue weighted by molar-refractivity contribution is 5.95. The minimum atomic E-state index is -5.42. The zero-order valence-electron chi connectivity index (χ0n) is 11.1. The molecule has 124 valence electrons. The van der Waals surface area contributed by atoms with Gasteiger partial charge in [0, 0.05) is 0 Å². The van der Waals surface area contributed by atoms with Crippen molar-refractivity contribution in [3.63, 3.8) is 0 Å². The Morgan fingerprint density at radius 3 is 2.23 bits per heavy atom. The third kappa shape index (κ3) is 4.15. The summed E-state index contributed by atoms with van der Waals surface area (Å²) in [7, 11) is 0.921. The number of esters is 1. The lowest BCUT2D eigenvalue weighted by Crippen LogP contribution is -2.24. The number of carbonyl (C=O) groups excluding carboxylic acids is 1. The van der Waals surface area contributed by atoms with E-state index in [2.05, 4.69) is 19.2 Å². The maximum absolute atomic E-state index is 13.1. The Balaban J connectivity index is 3.61. The van der Waals surface area contributed by atoms with Crippen LogP contribution in [-0.2, 0) is 10.9 Å². The molecular formula is C11H9F6NO4. The third-order valence-corrected chi connectivity index (χ3v) is 2.20. The van der Waals surface area contributed by atoms with E-state index in [1.165, 1.54) is 6.92 Å². The number of halogens is 6. The van der Waals surface area contributed by atoms with Crippen LogP contribution in [-0.4, -0.2) is 31.0 Å². The van der Waals surface area contributed by atoms with Crippen LogP contribution in [0.2, 0.25) is 0 Å². The minimum absolute atomic E-state index is 0.295. The molecule has 0 aliphatic rings. The van der Waals surface area contributed by atoms with Crippen LogP contribution in [0.25, 0.3) is 0 Å². The Kier molecular flexibility index (Phi) is 5.09. The molecule has 5 nitrogen and oxygen atoms in total. The molecule has 1 aromatic rings. The van der Waals surface area contributed by atoms with E-state index < -0.39 is 41.3 Å². The van der Waals surface area contributed by atoms with Gasteiger partial charge in [-0.1, -0.05) is 0 Å². The lowest BCUT2D eigenvalue weighted by atomic mass is 10.1. The fourth-order valence-electron chi connectivity index (χ4n) is 1.49. The number of hydrogen-bond acceptors (Lipinski definition) is 5. The molecule has 0 aliphatic carbocycles. The Morgan fingerprint density at radius 1 is 1.23 bits per heavy atom. The number of aromatic nitrogens is 1. The van der Waals surface area contributed by atoms with Gasteiger partial charge in [0.05, 0.1) is 19.9 Å². The Bertz CT molecular complexity index is 555. The number of carbonyl (C=O) groups is 1. The molecule has 0 unspecified atom stereocenters. The van der Waals surface area contributed by atoms with Gasteiger partial charge in [0.1, 0.15) is 11.1 Å². The number of rotatable bonds is 4.